The molecule has 316 valence electrons. The molecule has 0 aliphatic carbocycles. The average Bonchev–Trinajstić information content (AvgIpc) is 3.33. The van der Waals surface area contributed by atoms with Crippen molar-refractivity contribution in [2.24, 2.45) is 0 Å². The van der Waals surface area contributed by atoms with Crippen LogP contribution in [0, 0.1) is 0 Å². The predicted octanol–water partition coefficient (Wildman–Crippen LogP) is 10.0. The van der Waals surface area contributed by atoms with E-state index >= 15 is 0 Å². The molecule has 0 aliphatic heterocycles. The van der Waals surface area contributed by atoms with Gasteiger partial charge < -0.3 is 22.1 Å². The number of aliphatic hydroxyl groups excluding tert-OH is 1. The summed E-state index contributed by atoms with van der Waals surface area (Å²) in [6.07, 6.45) is 0.963. The molecule has 0 heterocycles. The van der Waals surface area contributed by atoms with Crippen LogP contribution in [0.4, 0.5) is 0 Å². The topological polar surface area (TPSA) is 20.2 Å². The van der Waals surface area contributed by atoms with Crippen LogP contribution in [0.1, 0.15) is 38.8 Å². The molecule has 8 aromatic rings. The van der Waals surface area contributed by atoms with E-state index in [0.717, 1.165) is 21.5 Å². The summed E-state index contributed by atoms with van der Waals surface area (Å²) >= 11 is 8.88. The number of hydrogen-bond donors (Lipinski definition) is 3. The van der Waals surface area contributed by atoms with Crippen LogP contribution >= 0.6 is 57.4 Å². The number of rotatable bonds is 9. The fraction of sp³-hybridized carbons (Fsp3) is 0.111. The van der Waals surface area contributed by atoms with Gasteiger partial charge in [0.15, 0.2) is 0 Å². The van der Waals surface area contributed by atoms with Crippen molar-refractivity contribution >= 4 is 89.3 Å². The molecule has 0 saturated carbocycles. The number of halogens is 2. The zero-order chi connectivity index (χ0) is 42.1. The molecular weight excluding hydrogens is 950 g/mol. The van der Waals surface area contributed by atoms with Crippen LogP contribution in [0.3, 0.4) is 0 Å². The molecule has 8 aromatic carbocycles. The lowest BCUT2D eigenvalue weighted by molar-refractivity contribution is -0.0000125. The summed E-state index contributed by atoms with van der Waals surface area (Å²) in [5.74, 6) is 0. The van der Waals surface area contributed by atoms with Crippen LogP contribution < -0.4 is 48.8 Å². The van der Waals surface area contributed by atoms with E-state index in [9.17, 15) is 0 Å². The lowest BCUT2D eigenvalue weighted by atomic mass is 10.2. The molecule has 0 radical (unpaired) electrons. The molecule has 0 unspecified atom stereocenters. The van der Waals surface area contributed by atoms with E-state index in [0.29, 0.717) is 0 Å². The van der Waals surface area contributed by atoms with Gasteiger partial charge in [0.1, 0.15) is 23.2 Å². The van der Waals surface area contributed by atoms with Gasteiger partial charge in [0, 0.05) is 15.4 Å². The third-order valence-corrected chi connectivity index (χ3v) is 16.9. The Morgan fingerprint density at radius 1 is 0.377 bits per heavy atom. The van der Waals surface area contributed by atoms with Crippen LogP contribution in [0.15, 0.2) is 240 Å². The van der Waals surface area contributed by atoms with Gasteiger partial charge in [0.2, 0.25) is 0 Å². The van der Waals surface area contributed by atoms with Crippen molar-refractivity contribution in [1.29, 1.82) is 0 Å². The Labute approximate surface area is 400 Å². The summed E-state index contributed by atoms with van der Waals surface area (Å²) in [5.41, 5.74) is 2.17. The van der Waals surface area contributed by atoms with E-state index in [2.05, 4.69) is 219 Å². The van der Waals surface area contributed by atoms with E-state index in [4.69, 9.17) is 17.7 Å². The first-order chi connectivity index (χ1) is 29.1. The molecule has 0 spiro atoms. The summed E-state index contributed by atoms with van der Waals surface area (Å²) in [6, 6.07) is 81.2. The summed E-state index contributed by atoms with van der Waals surface area (Å²) in [5, 5.41) is 17.1. The van der Waals surface area contributed by atoms with Gasteiger partial charge in [-0.2, -0.15) is 0 Å². The van der Waals surface area contributed by atoms with Crippen LogP contribution in [0.2, 0.25) is 0 Å². The van der Waals surface area contributed by atoms with Crippen LogP contribution in [0.5, 0.6) is 0 Å². The van der Waals surface area contributed by atoms with Gasteiger partial charge in [-0.05, 0) is 77.9 Å². The molecule has 0 amide bonds. The first kappa shape index (κ1) is 53.4. The Hall–Kier alpha value is -3.76. The van der Waals surface area contributed by atoms with Gasteiger partial charge in [-0.25, -0.2) is 0 Å². The number of benzene rings is 8. The number of aliphatic hydroxyl groups is 1. The van der Waals surface area contributed by atoms with Crippen LogP contribution in [0.25, 0.3) is 0 Å². The Morgan fingerprint density at radius 3 is 0.885 bits per heavy atom. The maximum Gasteiger partial charge on any atom is 0.116 e. The average molecular weight is 1010 g/mol. The van der Waals surface area contributed by atoms with Crippen molar-refractivity contribution in [2.45, 2.75) is 50.3 Å². The molecule has 1 nitrogen and oxygen atoms in total. The molecule has 0 aromatic heterocycles. The molecule has 7 heteroatoms. The molecule has 0 fully saturated rings. The second kappa shape index (κ2) is 30.3. The highest BCUT2D eigenvalue weighted by molar-refractivity contribution is 8.93. The highest BCUT2D eigenvalue weighted by Crippen LogP contribution is 2.58. The van der Waals surface area contributed by atoms with Gasteiger partial charge in [0.25, 0.3) is 0 Å². The minimum atomic E-state index is -1.85. The van der Waals surface area contributed by atoms with Crippen LogP contribution in [-0.4, -0.2) is 5.11 Å². The first-order valence-corrected chi connectivity index (χ1v) is 24.5. The number of hydrogen-bond acceptors (Lipinski definition) is 3. The van der Waals surface area contributed by atoms with E-state index in [1.165, 1.54) is 37.4 Å². The molecule has 8 rings (SSSR count). The molecule has 0 aliphatic rings. The molecule has 0 atom stereocenters. The monoisotopic (exact) mass is 1010 g/mol. The second-order valence-corrected chi connectivity index (χ2v) is 19.4. The standard InChI is InChI=1S/C25H21PS.C18H15P.C7H8OS.2C2H6.2BrH/c27-25-19-11-10-12-21(25)20-26(22-13-4-1-5-14-22,23-15-6-2-7-16-23)24-17-8-3-9-18-24;1-4-10-16(11-5-1)19(17-12-6-2-7-13-17)18-14-8-3-9-15-18;8-5-6-3-1-2-4-7(6)9;2*1-2;;/h1-19H,20H2;1-15H;1-4,8-9H,5H2;2*1-2H3;2*1H. The van der Waals surface area contributed by atoms with E-state index < -0.39 is 15.2 Å². The fourth-order valence-electron chi connectivity index (χ4n) is 6.49. The molecular formula is C54H58Br2OP2S2. The Bertz CT molecular complexity index is 2110. The lowest BCUT2D eigenvalue weighted by Crippen LogP contribution is -3.00. The van der Waals surface area contributed by atoms with Gasteiger partial charge in [-0.15, -0.1) is 42.2 Å². The van der Waals surface area contributed by atoms with Gasteiger partial charge in [0.05, 0.1) is 12.8 Å². The highest BCUT2D eigenvalue weighted by Gasteiger charge is 2.45. The molecule has 1 N–H and O–H groups in total. The third kappa shape index (κ3) is 15.5. The maximum absolute atomic E-state index is 8.67. The molecule has 61 heavy (non-hydrogen) atoms. The smallest absolute Gasteiger partial charge is 0.116 e. The fourth-order valence-corrected chi connectivity index (χ4v) is 13.7. The van der Waals surface area contributed by atoms with Gasteiger partial charge >= 0.3 is 0 Å². The number of thiol groups is 2. The van der Waals surface area contributed by atoms with Crippen molar-refractivity contribution in [3.05, 3.63) is 242 Å². The third-order valence-electron chi connectivity index (χ3n) is 9.20. The minimum Gasteiger partial charge on any atom is -1.00 e. The minimum absolute atomic E-state index is 0. The Kier molecular flexibility index (Phi) is 26.5. The quantitative estimate of drug-likeness (QED) is 0.0973. The second-order valence-electron chi connectivity index (χ2n) is 12.7. The Morgan fingerprint density at radius 2 is 0.623 bits per heavy atom. The van der Waals surface area contributed by atoms with Crippen LogP contribution in [-0.2, 0) is 12.8 Å². The summed E-state index contributed by atoms with van der Waals surface area (Å²) in [7, 11) is -2.30. The first-order valence-electron chi connectivity index (χ1n) is 20.2. The van der Waals surface area contributed by atoms with Gasteiger partial charge in [-0.1, -0.05) is 210 Å². The van der Waals surface area contributed by atoms with Crippen molar-refractivity contribution < 1.29 is 22.1 Å². The molecule has 0 saturated heterocycles. The normalized spacial score (nSPS) is 9.90. The van der Waals surface area contributed by atoms with Crippen molar-refractivity contribution in [1.82, 2.24) is 0 Å². The van der Waals surface area contributed by atoms with E-state index in [-0.39, 0.29) is 40.6 Å². The predicted molar refractivity (Wildman–Crippen MR) is 280 cm³/mol. The van der Waals surface area contributed by atoms with Crippen molar-refractivity contribution in [2.75, 3.05) is 0 Å². The zero-order valence-corrected chi connectivity index (χ0v) is 42.3. The van der Waals surface area contributed by atoms with Crippen molar-refractivity contribution in [3.63, 3.8) is 0 Å². The highest BCUT2D eigenvalue weighted by atomic mass is 79.9. The van der Waals surface area contributed by atoms with E-state index in [1.54, 1.807) is 0 Å². The maximum atomic E-state index is 8.67. The largest absolute Gasteiger partial charge is 1.00 e. The van der Waals surface area contributed by atoms with E-state index in [1.807, 2.05) is 52.0 Å². The Balaban J connectivity index is 0.000000328. The SMILES string of the molecule is Br.CC.CC.OCc1ccccc1S.Sc1ccccc1C[P+](c1ccccc1)(c1ccccc1)c1ccccc1.[Br-].c1ccc(P(c2ccccc2)c2ccccc2)cc1. The summed E-state index contributed by atoms with van der Waals surface area (Å²) < 4.78 is 0. The lowest BCUT2D eigenvalue weighted by Gasteiger charge is -2.28. The van der Waals surface area contributed by atoms with Crippen molar-refractivity contribution in [3.8, 4) is 0 Å². The molecule has 0 bridgehead atoms. The summed E-state index contributed by atoms with van der Waals surface area (Å²) in [4.78, 5) is 1.91. The van der Waals surface area contributed by atoms with Gasteiger partial charge in [-0.3, -0.25) is 0 Å². The zero-order valence-electron chi connectivity index (χ0n) is 35.4. The summed E-state index contributed by atoms with van der Waals surface area (Å²) in [6.45, 7) is 8.07.